The van der Waals surface area contributed by atoms with Gasteiger partial charge in [-0.05, 0) is 92.6 Å². The zero-order chi connectivity index (χ0) is 55.8. The van der Waals surface area contributed by atoms with Crippen LogP contribution in [-0.2, 0) is 36.6 Å². The zero-order valence-corrected chi connectivity index (χ0v) is 43.4. The summed E-state index contributed by atoms with van der Waals surface area (Å²) in [6.45, 7) is 8.48. The molecule has 4 aromatic rings. The molecule has 77 heavy (non-hydrogen) atoms. The number of carbonyl (C=O) groups is 4. The summed E-state index contributed by atoms with van der Waals surface area (Å²) in [5.74, 6) is 2.15. The summed E-state index contributed by atoms with van der Waals surface area (Å²) < 4.78 is 103. The number of alkyl carbamates (subject to hydrolysis) is 2. The highest BCUT2D eigenvalue weighted by atomic mass is 19.4. The summed E-state index contributed by atoms with van der Waals surface area (Å²) in [5.41, 5.74) is 2.42. The third kappa shape index (κ3) is 14.5. The Hall–Kier alpha value is -7.00. The monoisotopic (exact) mass is 1080 g/mol. The third-order valence-electron chi connectivity index (χ3n) is 14.0. The number of aliphatic hydroxyl groups excluding tert-OH is 1. The van der Waals surface area contributed by atoms with Gasteiger partial charge in [0.2, 0.25) is 5.91 Å². The van der Waals surface area contributed by atoms with Crippen LogP contribution in [0.15, 0.2) is 73.1 Å². The average molecular weight is 1080 g/mol. The molecule has 5 heterocycles. The molecular formula is C54H63F6N9O8. The maximum atomic E-state index is 15.1. The normalized spacial score (nSPS) is 18.4. The molecule has 23 heteroatoms. The number of benzene rings is 2. The van der Waals surface area contributed by atoms with Crippen molar-refractivity contribution in [2.45, 2.75) is 109 Å². The molecule has 2 unspecified atom stereocenters. The second-order valence-electron chi connectivity index (χ2n) is 20.9. The molecule has 3 fully saturated rings. The van der Waals surface area contributed by atoms with Crippen molar-refractivity contribution in [2.75, 3.05) is 51.5 Å². The first-order valence-electron chi connectivity index (χ1n) is 25.0. The number of anilines is 1. The number of fused-ring (bicyclic) bond motifs is 2. The minimum atomic E-state index is -5.12. The number of hydrogen-bond acceptors (Lipinski definition) is 13. The van der Waals surface area contributed by atoms with Crippen LogP contribution in [0.3, 0.4) is 0 Å². The number of ether oxygens (including phenoxy) is 3. The van der Waals surface area contributed by atoms with E-state index in [9.17, 15) is 41.8 Å². The van der Waals surface area contributed by atoms with Crippen LogP contribution < -0.4 is 31.7 Å². The fourth-order valence-electron chi connectivity index (χ4n) is 9.42. The predicted molar refractivity (Wildman–Crippen MR) is 270 cm³/mol. The lowest BCUT2D eigenvalue weighted by Crippen LogP contribution is -2.62. The van der Waals surface area contributed by atoms with Crippen molar-refractivity contribution in [1.29, 1.82) is 0 Å². The summed E-state index contributed by atoms with van der Waals surface area (Å²) in [4.78, 5) is 66.0. The molecule has 2 aromatic heterocycles. The van der Waals surface area contributed by atoms with Crippen molar-refractivity contribution in [3.63, 3.8) is 0 Å². The predicted octanol–water partition coefficient (Wildman–Crippen LogP) is 5.72. The number of pyridine rings is 2. The van der Waals surface area contributed by atoms with Crippen LogP contribution in [0.5, 0.6) is 0 Å². The van der Waals surface area contributed by atoms with E-state index < -0.39 is 108 Å². The molecule has 0 radical (unpaired) electrons. The van der Waals surface area contributed by atoms with Crippen LogP contribution in [-0.4, -0.2) is 139 Å². The maximum absolute atomic E-state index is 15.1. The van der Waals surface area contributed by atoms with Crippen molar-refractivity contribution in [3.05, 3.63) is 113 Å². The van der Waals surface area contributed by atoms with Gasteiger partial charge in [-0.3, -0.25) is 24.9 Å². The van der Waals surface area contributed by atoms with Gasteiger partial charge in [0.05, 0.1) is 62.4 Å². The van der Waals surface area contributed by atoms with E-state index >= 15 is 8.78 Å². The van der Waals surface area contributed by atoms with Gasteiger partial charge < -0.3 is 40.2 Å². The van der Waals surface area contributed by atoms with Crippen LogP contribution in [0.25, 0.3) is 11.3 Å². The number of alkyl halides is 3. The van der Waals surface area contributed by atoms with E-state index in [4.69, 9.17) is 14.5 Å². The largest absolute Gasteiger partial charge is 0.453 e. The van der Waals surface area contributed by atoms with Gasteiger partial charge in [-0.1, -0.05) is 44.7 Å². The van der Waals surface area contributed by atoms with Crippen molar-refractivity contribution in [2.24, 2.45) is 10.8 Å². The maximum Gasteiger partial charge on any atom is 0.407 e. The molecule has 0 spiro atoms. The number of hydrazine groups is 1. The van der Waals surface area contributed by atoms with Crippen LogP contribution >= 0.6 is 0 Å². The smallest absolute Gasteiger partial charge is 0.407 e. The first-order chi connectivity index (χ1) is 36.4. The van der Waals surface area contributed by atoms with Crippen LogP contribution in [0.4, 0.5) is 41.7 Å². The highest BCUT2D eigenvalue weighted by Crippen LogP contribution is 2.41. The van der Waals surface area contributed by atoms with Gasteiger partial charge in [-0.15, -0.1) is 0 Å². The number of amides is 4. The van der Waals surface area contributed by atoms with Crippen molar-refractivity contribution < 1.29 is 64.8 Å². The molecular weight excluding hydrogens is 1020 g/mol. The molecule has 3 aliphatic heterocycles. The van der Waals surface area contributed by atoms with Gasteiger partial charge in [0, 0.05) is 66.6 Å². The Morgan fingerprint density at radius 1 is 0.792 bits per heavy atom. The molecule has 7 rings (SSSR count). The van der Waals surface area contributed by atoms with Crippen molar-refractivity contribution >= 4 is 29.8 Å². The summed E-state index contributed by atoms with van der Waals surface area (Å²) in [6, 6.07) is 11.1. The number of aromatic nitrogens is 2. The first kappa shape index (κ1) is 57.7. The lowest BCUT2D eigenvalue weighted by Gasteiger charge is -2.47. The fourth-order valence-corrected chi connectivity index (χ4v) is 9.42. The van der Waals surface area contributed by atoms with Gasteiger partial charge in [-0.2, -0.15) is 13.2 Å². The van der Waals surface area contributed by atoms with Crippen LogP contribution in [0.2, 0.25) is 0 Å². The van der Waals surface area contributed by atoms with E-state index in [2.05, 4.69) is 52.8 Å². The van der Waals surface area contributed by atoms with E-state index in [1.54, 1.807) is 51.2 Å². The Morgan fingerprint density at radius 3 is 1.99 bits per heavy atom. The molecule has 2 aromatic carbocycles. The number of hydrogen-bond donors (Lipinski definition) is 6. The number of methoxy groups -OCH3 is 1. The van der Waals surface area contributed by atoms with Gasteiger partial charge >= 0.3 is 18.4 Å². The zero-order valence-electron chi connectivity index (χ0n) is 43.4. The standard InChI is InChI=1S/C54H63F6N9O8/c1-52(2,3)46(65-50(73)75-6)49(72)67-63-26-44(70)43(21-32-10-7-31(8-11-32)9-12-33-13-18-45(62-24-33)68-27-36-15-16-37(28-68)69(36)38-29-76-30-38)64-48(71)47(53(4,5)54(58,59)60)66-51(74)77-20-19-39-40(56)22-34(23-41(39)57)42-17-14-35(55)25-61-42/h7-8,10-11,13-14,17-18,22-25,36-38,43-44,46-47,63,70H,15-16,19-21,26-30H2,1-6H3,(H,64,71)(H,65,73)(H,66,74)(H,67,72)/t36?,37?,43-,44-,46+,47+/m0/s1. The molecule has 3 aliphatic rings. The van der Waals surface area contributed by atoms with Gasteiger partial charge in [0.15, 0.2) is 0 Å². The number of nitrogens with one attached hydrogen (secondary N) is 5. The van der Waals surface area contributed by atoms with Crippen molar-refractivity contribution in [3.8, 4) is 23.1 Å². The molecule has 6 atom stereocenters. The minimum Gasteiger partial charge on any atom is -0.453 e. The summed E-state index contributed by atoms with van der Waals surface area (Å²) in [5, 5.41) is 18.4. The van der Waals surface area contributed by atoms with Crippen LogP contribution in [0.1, 0.15) is 69.7 Å². The highest BCUT2D eigenvalue weighted by molar-refractivity contribution is 5.87. The number of piperazine rings is 1. The number of rotatable bonds is 18. The topological polar surface area (TPSA) is 209 Å². The Bertz CT molecular complexity index is 2750. The second-order valence-corrected chi connectivity index (χ2v) is 20.9. The Kier molecular flexibility index (Phi) is 18.4. The van der Waals surface area contributed by atoms with Gasteiger partial charge in [0.25, 0.3) is 5.91 Å². The fraction of sp³-hybridized carbons (Fsp3) is 0.481. The molecule has 414 valence electrons. The van der Waals surface area contributed by atoms with E-state index in [0.29, 0.717) is 48.7 Å². The molecule has 4 amide bonds. The summed E-state index contributed by atoms with van der Waals surface area (Å²) in [6.07, 6.45) is -5.06. The number of nitrogens with zero attached hydrogens (tertiary/aromatic N) is 4. The highest BCUT2D eigenvalue weighted by Gasteiger charge is 2.56. The molecule has 2 bridgehead atoms. The number of halogens is 6. The van der Waals surface area contributed by atoms with Crippen LogP contribution in [0, 0.1) is 40.1 Å². The van der Waals surface area contributed by atoms with Gasteiger partial charge in [-0.25, -0.2) is 33.2 Å². The molecule has 0 saturated carbocycles. The molecule has 17 nitrogen and oxygen atoms in total. The minimum absolute atomic E-state index is 0.0137. The second kappa shape index (κ2) is 24.6. The Balaban J connectivity index is 1.03. The van der Waals surface area contributed by atoms with E-state index in [1.807, 2.05) is 17.4 Å². The molecule has 3 saturated heterocycles. The average Bonchev–Trinajstić information content (AvgIpc) is 3.61. The quantitative estimate of drug-likeness (QED) is 0.0401. The van der Waals surface area contributed by atoms with Crippen molar-refractivity contribution in [1.82, 2.24) is 41.7 Å². The SMILES string of the molecule is COC(=O)N[C@H](C(=O)NNC[C@H](O)[C@H](Cc1ccc(C#Cc2ccc(N3CC4CCC(C3)N4C3COC3)nc2)cc1)NC(=O)[C@@H](NC(=O)OCCc1c(F)cc(-c2ccc(F)cn2)cc1F)C(C)(C)C(F)(F)F)C(C)(C)C. The third-order valence-corrected chi connectivity index (χ3v) is 14.0. The lowest BCUT2D eigenvalue weighted by atomic mass is 9.82. The first-order valence-corrected chi connectivity index (χ1v) is 25.0. The Labute approximate surface area is 442 Å². The van der Waals surface area contributed by atoms with E-state index in [-0.39, 0.29) is 17.7 Å². The number of carbonyl (C=O) groups excluding carboxylic acids is 4. The summed E-state index contributed by atoms with van der Waals surface area (Å²) >= 11 is 0. The summed E-state index contributed by atoms with van der Waals surface area (Å²) in [7, 11) is 1.12. The number of aliphatic hydroxyl groups is 1. The Morgan fingerprint density at radius 2 is 1.43 bits per heavy atom. The molecule has 0 aliphatic carbocycles. The van der Waals surface area contributed by atoms with Gasteiger partial charge in [0.1, 0.15) is 35.4 Å². The molecule has 6 N–H and O–H groups in total. The van der Waals surface area contributed by atoms with E-state index in [1.165, 1.54) is 6.07 Å². The van der Waals surface area contributed by atoms with E-state index in [0.717, 1.165) is 76.5 Å². The lowest BCUT2D eigenvalue weighted by molar-refractivity contribution is -0.220.